The number of benzene rings is 1. The van der Waals surface area contributed by atoms with Gasteiger partial charge in [-0.2, -0.15) is 13.2 Å². The lowest BCUT2D eigenvalue weighted by Crippen LogP contribution is -2.42. The van der Waals surface area contributed by atoms with E-state index in [1.807, 2.05) is 0 Å². The van der Waals surface area contributed by atoms with Gasteiger partial charge in [-0.1, -0.05) is 18.7 Å². The summed E-state index contributed by atoms with van der Waals surface area (Å²) >= 11 is 0.466. The lowest BCUT2D eigenvalue weighted by Gasteiger charge is -2.15. The molecule has 0 saturated heterocycles. The minimum absolute atomic E-state index is 0.0396. The van der Waals surface area contributed by atoms with Crippen LogP contribution < -0.4 is 10.1 Å². The fourth-order valence-electron chi connectivity index (χ4n) is 1.81. The van der Waals surface area contributed by atoms with Crippen LogP contribution >= 0.6 is 11.8 Å². The standard InChI is InChI=1S/C16H16F3NO6S/c1-3-13(22)20-11(14(23)24)7-27-15(25)10-5-4-9(16(17,18)19)6-12(10)26-8(2)21/h4-6,11H,3,7H2,1-2H3,(H,20,22)(H,23,24)/t11-/m0/s1. The fourth-order valence-corrected chi connectivity index (χ4v) is 2.68. The van der Waals surface area contributed by atoms with Gasteiger partial charge in [0.25, 0.3) is 0 Å². The van der Waals surface area contributed by atoms with Crippen molar-refractivity contribution in [2.75, 3.05) is 5.75 Å². The number of esters is 1. The van der Waals surface area contributed by atoms with Crippen LogP contribution in [0.25, 0.3) is 0 Å². The van der Waals surface area contributed by atoms with Crippen molar-refractivity contribution in [2.24, 2.45) is 0 Å². The molecule has 1 rings (SSSR count). The molecule has 1 aromatic carbocycles. The number of rotatable bonds is 7. The molecule has 1 aromatic rings. The summed E-state index contributed by atoms with van der Waals surface area (Å²) in [7, 11) is 0. The number of hydrogen-bond acceptors (Lipinski definition) is 6. The zero-order valence-electron chi connectivity index (χ0n) is 14.3. The number of carbonyl (C=O) groups is 4. The summed E-state index contributed by atoms with van der Waals surface area (Å²) in [6.45, 7) is 2.47. The van der Waals surface area contributed by atoms with Crippen LogP contribution in [-0.2, 0) is 20.6 Å². The summed E-state index contributed by atoms with van der Waals surface area (Å²) in [4.78, 5) is 45.8. The summed E-state index contributed by atoms with van der Waals surface area (Å²) in [5, 5.41) is 10.5. The number of carboxylic acids is 1. The number of halogens is 3. The molecule has 0 radical (unpaired) electrons. The molecule has 1 amide bonds. The number of carbonyl (C=O) groups excluding carboxylic acids is 3. The number of aliphatic carboxylic acids is 1. The maximum Gasteiger partial charge on any atom is 0.416 e. The number of amides is 1. The molecule has 0 aliphatic heterocycles. The van der Waals surface area contributed by atoms with E-state index in [1.165, 1.54) is 6.92 Å². The van der Waals surface area contributed by atoms with Gasteiger partial charge in [0.15, 0.2) is 0 Å². The highest BCUT2D eigenvalue weighted by atomic mass is 32.2. The second-order valence-electron chi connectivity index (χ2n) is 5.21. The van der Waals surface area contributed by atoms with E-state index in [1.54, 1.807) is 0 Å². The zero-order chi connectivity index (χ0) is 20.8. The number of alkyl halides is 3. The van der Waals surface area contributed by atoms with Crippen LogP contribution in [0.3, 0.4) is 0 Å². The van der Waals surface area contributed by atoms with Crippen LogP contribution in [0.4, 0.5) is 13.2 Å². The van der Waals surface area contributed by atoms with Gasteiger partial charge in [-0.25, -0.2) is 4.79 Å². The molecule has 0 heterocycles. The largest absolute Gasteiger partial charge is 0.480 e. The summed E-state index contributed by atoms with van der Waals surface area (Å²) in [5.74, 6) is -3.78. The minimum Gasteiger partial charge on any atom is -0.480 e. The molecule has 7 nitrogen and oxygen atoms in total. The van der Waals surface area contributed by atoms with E-state index in [0.29, 0.717) is 23.9 Å². The van der Waals surface area contributed by atoms with E-state index in [4.69, 9.17) is 5.11 Å². The summed E-state index contributed by atoms with van der Waals surface area (Å²) in [6, 6.07) is 0.645. The number of carboxylic acid groups (broad SMARTS) is 1. The fraction of sp³-hybridized carbons (Fsp3) is 0.375. The third-order valence-corrected chi connectivity index (χ3v) is 4.10. The lowest BCUT2D eigenvalue weighted by molar-refractivity contribution is -0.141. The quantitative estimate of drug-likeness (QED) is 0.528. The molecule has 0 fully saturated rings. The number of thioether (sulfide) groups is 1. The third-order valence-electron chi connectivity index (χ3n) is 3.12. The van der Waals surface area contributed by atoms with E-state index in [-0.39, 0.29) is 17.7 Å². The van der Waals surface area contributed by atoms with Gasteiger partial charge in [0.1, 0.15) is 11.8 Å². The number of hydrogen-bond donors (Lipinski definition) is 2. The van der Waals surface area contributed by atoms with E-state index in [0.717, 1.165) is 13.0 Å². The Morgan fingerprint density at radius 1 is 1.26 bits per heavy atom. The molecule has 0 unspecified atom stereocenters. The van der Waals surface area contributed by atoms with Crippen molar-refractivity contribution in [1.82, 2.24) is 5.32 Å². The van der Waals surface area contributed by atoms with E-state index < -0.39 is 46.5 Å². The van der Waals surface area contributed by atoms with Crippen LogP contribution in [0.1, 0.15) is 36.2 Å². The Balaban J connectivity index is 3.02. The molecule has 0 aromatic heterocycles. The molecule has 148 valence electrons. The third kappa shape index (κ3) is 6.93. The Morgan fingerprint density at radius 2 is 1.89 bits per heavy atom. The van der Waals surface area contributed by atoms with Gasteiger partial charge in [-0.05, 0) is 18.2 Å². The molecule has 11 heteroatoms. The van der Waals surface area contributed by atoms with Crippen molar-refractivity contribution in [1.29, 1.82) is 0 Å². The lowest BCUT2D eigenvalue weighted by atomic mass is 10.1. The van der Waals surface area contributed by atoms with E-state index in [2.05, 4.69) is 10.1 Å². The molecule has 0 spiro atoms. The Kier molecular flexibility index (Phi) is 7.82. The Hall–Kier alpha value is -2.56. The normalized spacial score (nSPS) is 12.2. The SMILES string of the molecule is CCC(=O)N[C@@H](CSC(=O)c1ccc(C(F)(F)F)cc1OC(C)=O)C(=O)O. The van der Waals surface area contributed by atoms with Gasteiger partial charge in [0.2, 0.25) is 11.0 Å². The maximum atomic E-state index is 12.8. The van der Waals surface area contributed by atoms with Crippen LogP contribution in [0.5, 0.6) is 5.75 Å². The first kappa shape index (κ1) is 22.5. The molecule has 0 saturated carbocycles. The number of nitrogens with one attached hydrogen (secondary N) is 1. The molecular weight excluding hydrogens is 391 g/mol. The highest BCUT2D eigenvalue weighted by Crippen LogP contribution is 2.34. The van der Waals surface area contributed by atoms with Crippen molar-refractivity contribution >= 4 is 34.7 Å². The predicted molar refractivity (Wildman–Crippen MR) is 89.4 cm³/mol. The van der Waals surface area contributed by atoms with Crippen LogP contribution in [-0.4, -0.2) is 39.9 Å². The van der Waals surface area contributed by atoms with E-state index >= 15 is 0 Å². The molecule has 0 aliphatic rings. The summed E-state index contributed by atoms with van der Waals surface area (Å²) in [6.07, 6.45) is -4.67. The Bertz CT molecular complexity index is 750. The first-order valence-electron chi connectivity index (χ1n) is 7.54. The van der Waals surface area contributed by atoms with Crippen molar-refractivity contribution < 1.29 is 42.2 Å². The van der Waals surface area contributed by atoms with Gasteiger partial charge in [-0.3, -0.25) is 14.4 Å². The number of ether oxygens (including phenoxy) is 1. The summed E-state index contributed by atoms with van der Waals surface area (Å²) in [5.41, 5.74) is -1.44. The second kappa shape index (κ2) is 9.40. The average molecular weight is 407 g/mol. The molecule has 2 N–H and O–H groups in total. The first-order valence-corrected chi connectivity index (χ1v) is 8.53. The van der Waals surface area contributed by atoms with Crippen LogP contribution in [0, 0.1) is 0 Å². The van der Waals surface area contributed by atoms with Gasteiger partial charge in [-0.15, -0.1) is 0 Å². The highest BCUT2D eigenvalue weighted by molar-refractivity contribution is 8.14. The van der Waals surface area contributed by atoms with Gasteiger partial charge < -0.3 is 15.2 Å². The van der Waals surface area contributed by atoms with Gasteiger partial charge in [0, 0.05) is 19.1 Å². The van der Waals surface area contributed by atoms with Crippen LogP contribution in [0.15, 0.2) is 18.2 Å². The van der Waals surface area contributed by atoms with Crippen molar-refractivity contribution in [3.05, 3.63) is 29.3 Å². The monoisotopic (exact) mass is 407 g/mol. The predicted octanol–water partition coefficient (Wildman–Crippen LogP) is 2.48. The van der Waals surface area contributed by atoms with Crippen LogP contribution in [0.2, 0.25) is 0 Å². The smallest absolute Gasteiger partial charge is 0.416 e. The average Bonchev–Trinajstić information content (AvgIpc) is 2.56. The molecule has 0 bridgehead atoms. The zero-order valence-corrected chi connectivity index (χ0v) is 15.1. The molecule has 0 aliphatic carbocycles. The van der Waals surface area contributed by atoms with Crippen molar-refractivity contribution in [2.45, 2.75) is 32.5 Å². The van der Waals surface area contributed by atoms with Gasteiger partial charge >= 0.3 is 18.1 Å². The Labute approximate surface area is 156 Å². The maximum absolute atomic E-state index is 12.8. The minimum atomic E-state index is -4.71. The summed E-state index contributed by atoms with van der Waals surface area (Å²) < 4.78 is 43.1. The molecule has 27 heavy (non-hydrogen) atoms. The van der Waals surface area contributed by atoms with Gasteiger partial charge in [0.05, 0.1) is 11.1 Å². The van der Waals surface area contributed by atoms with Crippen molar-refractivity contribution in [3.8, 4) is 5.75 Å². The molecular formula is C16H16F3NO6S. The van der Waals surface area contributed by atoms with Crippen molar-refractivity contribution in [3.63, 3.8) is 0 Å². The highest BCUT2D eigenvalue weighted by Gasteiger charge is 2.32. The second-order valence-corrected chi connectivity index (χ2v) is 6.21. The molecule has 1 atom stereocenters. The topological polar surface area (TPSA) is 110 Å². The van der Waals surface area contributed by atoms with E-state index in [9.17, 15) is 32.3 Å². The first-order chi connectivity index (χ1) is 12.5. The Morgan fingerprint density at radius 3 is 2.37 bits per heavy atom.